The summed E-state index contributed by atoms with van der Waals surface area (Å²) >= 11 is 4.26. The van der Waals surface area contributed by atoms with Crippen molar-refractivity contribution in [3.8, 4) is 0 Å². The Hall–Kier alpha value is -4.05. The number of nitrogens with two attached hydrogens (primary N) is 2. The number of aromatic nitrogens is 4. The van der Waals surface area contributed by atoms with Crippen LogP contribution in [0.1, 0.15) is 48.0 Å². The molecule has 31 heteroatoms. The second kappa shape index (κ2) is 22.6. The topological polar surface area (TPSA) is 407 Å². The van der Waals surface area contributed by atoms with Gasteiger partial charge in [-0.25, -0.2) is 28.6 Å². The minimum absolute atomic E-state index is 0.0193. The monoisotopic (exact) mass is 1080 g/mol. The van der Waals surface area contributed by atoms with Gasteiger partial charge in [0.15, 0.2) is 28.6 Å². The van der Waals surface area contributed by atoms with Gasteiger partial charge in [-0.1, -0.05) is 53.7 Å². The summed E-state index contributed by atoms with van der Waals surface area (Å²) in [6.07, 6.45) is -7.18. The molecule has 0 bridgehead atoms. The minimum atomic E-state index is -5.60. The number of phosphoric ester groups is 3. The molecule has 2 aromatic heterocycles. The number of imidazole rings is 1. The van der Waals surface area contributed by atoms with Crippen molar-refractivity contribution in [1.82, 2.24) is 30.2 Å². The van der Waals surface area contributed by atoms with Crippen molar-refractivity contribution >= 4 is 96.5 Å². The van der Waals surface area contributed by atoms with E-state index in [9.17, 15) is 62.7 Å². The van der Waals surface area contributed by atoms with Crippen LogP contribution in [0.4, 0.5) is 11.5 Å². The van der Waals surface area contributed by atoms with Gasteiger partial charge >= 0.3 is 23.5 Å². The van der Waals surface area contributed by atoms with Gasteiger partial charge in [-0.05, 0) is 35.9 Å². The van der Waals surface area contributed by atoms with Crippen LogP contribution < -0.4 is 22.1 Å². The summed E-state index contributed by atoms with van der Waals surface area (Å²) in [5.41, 5.74) is 11.8. The maximum atomic E-state index is 13.0. The van der Waals surface area contributed by atoms with Crippen LogP contribution in [0.3, 0.4) is 0 Å². The molecule has 1 saturated heterocycles. The molecule has 0 spiro atoms. The Labute approximate surface area is 393 Å². The molecule has 2 aromatic carbocycles. The Bertz CT molecular complexity index is 2610. The SMILES string of the molecule is CC(C)(COP(=O)(O)OP(=O)(O)OCC1OC(n2cnc3c(N)ncnc32)C(O)C1OP(=O)(O)O)C(O)C(=O)NCCC(=O)NCCSC(=O)Cc1cccc(C(=O)c2ccc(Br)cc2)c1N. The van der Waals surface area contributed by atoms with Crippen LogP contribution in [0.5, 0.6) is 0 Å². The Morgan fingerprint density at radius 1 is 0.970 bits per heavy atom. The summed E-state index contributed by atoms with van der Waals surface area (Å²) in [5, 5.41) is 26.2. The second-order valence-electron chi connectivity index (χ2n) is 15.2. The predicted molar refractivity (Wildman–Crippen MR) is 239 cm³/mol. The molecule has 1 fully saturated rings. The lowest BCUT2D eigenvalue weighted by atomic mass is 9.87. The number of carbonyl (C=O) groups excluding carboxylic acids is 4. The maximum Gasteiger partial charge on any atom is 0.481 e. The van der Waals surface area contributed by atoms with Crippen LogP contribution in [0.25, 0.3) is 11.2 Å². The van der Waals surface area contributed by atoms with E-state index < -0.39 is 84.6 Å². The summed E-state index contributed by atoms with van der Waals surface area (Å²) in [4.78, 5) is 102. The van der Waals surface area contributed by atoms with Crippen molar-refractivity contribution in [1.29, 1.82) is 0 Å². The lowest BCUT2D eigenvalue weighted by molar-refractivity contribution is -0.137. The van der Waals surface area contributed by atoms with Crippen LogP contribution in [0.2, 0.25) is 0 Å². The van der Waals surface area contributed by atoms with Gasteiger partial charge in [0, 0.05) is 58.4 Å². The molecule has 7 atom stereocenters. The Balaban J connectivity index is 1.02. The normalized spacial score (nSPS) is 19.9. The molecule has 1 aliphatic rings. The van der Waals surface area contributed by atoms with Gasteiger partial charge in [0.25, 0.3) is 0 Å². The summed E-state index contributed by atoms with van der Waals surface area (Å²) < 4.78 is 63.2. The van der Waals surface area contributed by atoms with Gasteiger partial charge < -0.3 is 56.6 Å². The first-order valence-corrected chi connectivity index (χ1v) is 25.8. The first kappa shape index (κ1) is 53.9. The Morgan fingerprint density at radius 3 is 2.34 bits per heavy atom. The summed E-state index contributed by atoms with van der Waals surface area (Å²) in [5.74, 6) is -1.67. The number of anilines is 2. The molecule has 0 aliphatic carbocycles. The molecule has 1 aliphatic heterocycles. The Kier molecular flexibility index (Phi) is 18.2. The number of hydrogen-bond donors (Lipinski definition) is 10. The highest BCUT2D eigenvalue weighted by molar-refractivity contribution is 9.10. The molecule has 3 heterocycles. The fraction of sp³-hybridized carbons (Fsp3) is 0.417. The van der Waals surface area contributed by atoms with E-state index in [0.29, 0.717) is 11.1 Å². The predicted octanol–water partition coefficient (Wildman–Crippen LogP) is 1.48. The van der Waals surface area contributed by atoms with E-state index in [1.54, 1.807) is 42.5 Å². The molecule has 12 N–H and O–H groups in total. The zero-order valence-electron chi connectivity index (χ0n) is 35.2. The molecule has 366 valence electrons. The van der Waals surface area contributed by atoms with Crippen molar-refractivity contribution in [2.45, 2.75) is 57.3 Å². The zero-order chi connectivity index (χ0) is 49.5. The number of fused-ring (bicyclic) bond motifs is 1. The lowest BCUT2D eigenvalue weighted by Crippen LogP contribution is -2.46. The molecule has 67 heavy (non-hydrogen) atoms. The van der Waals surface area contributed by atoms with Crippen LogP contribution in [-0.4, -0.2) is 128 Å². The summed E-state index contributed by atoms with van der Waals surface area (Å²) in [7, 11) is -16.5. The quantitative estimate of drug-likeness (QED) is 0.0218. The van der Waals surface area contributed by atoms with Crippen molar-refractivity contribution in [2.24, 2.45) is 5.41 Å². The number of benzene rings is 2. The molecular formula is C36H46BrN8O18P3S. The van der Waals surface area contributed by atoms with E-state index >= 15 is 0 Å². The number of amides is 2. The first-order valence-electron chi connectivity index (χ1n) is 19.5. The first-order chi connectivity index (χ1) is 31.3. The van der Waals surface area contributed by atoms with Gasteiger partial charge in [0.05, 0.1) is 19.5 Å². The van der Waals surface area contributed by atoms with Gasteiger partial charge in [-0.15, -0.1) is 0 Å². The number of phosphoric acid groups is 3. The average Bonchev–Trinajstić information content (AvgIpc) is 3.81. The number of ether oxygens (including phenoxy) is 1. The van der Waals surface area contributed by atoms with Crippen molar-refractivity contribution in [3.63, 3.8) is 0 Å². The number of nitrogen functional groups attached to an aromatic ring is 2. The van der Waals surface area contributed by atoms with Gasteiger partial charge in [-0.3, -0.25) is 37.3 Å². The van der Waals surface area contributed by atoms with Gasteiger partial charge in [-0.2, -0.15) is 4.31 Å². The standard InChI is InChI=1S/C36H46BrN8O18P3S/c1-36(2,31(50)34(51)41-11-10-24(46)40-12-13-67-25(47)14-20-4-3-5-22(26(20)38)28(48)19-6-8-21(37)9-7-19)16-60-66(57,58)63-65(55,56)59-15-23-30(62-64(52,53)54)29(49)35(61-23)45-18-44-27-32(39)42-17-43-33(27)45/h3-9,17-18,23,29-31,35,49-50H,10-16,38H2,1-2H3,(H,40,46)(H,41,51)(H,55,56)(H,57,58)(H2,39,42,43)(H2,52,53,54). The van der Waals surface area contributed by atoms with Gasteiger partial charge in [0.1, 0.15) is 36.3 Å². The number of hydrogen-bond acceptors (Lipinski definition) is 20. The smallest absolute Gasteiger partial charge is 0.398 e. The Morgan fingerprint density at radius 2 is 1.66 bits per heavy atom. The van der Waals surface area contributed by atoms with Crippen LogP contribution in [0.15, 0.2) is 59.6 Å². The highest BCUT2D eigenvalue weighted by Gasteiger charge is 2.50. The third-order valence-electron chi connectivity index (χ3n) is 9.65. The lowest BCUT2D eigenvalue weighted by Gasteiger charge is -2.30. The third kappa shape index (κ3) is 15.0. The summed E-state index contributed by atoms with van der Waals surface area (Å²) in [6.45, 7) is 0.230. The van der Waals surface area contributed by atoms with Crippen molar-refractivity contribution in [3.05, 3.63) is 76.3 Å². The van der Waals surface area contributed by atoms with E-state index in [4.69, 9.17) is 25.3 Å². The molecule has 2 amide bonds. The average molecular weight is 1080 g/mol. The van der Waals surface area contributed by atoms with E-state index in [1.807, 2.05) is 0 Å². The number of halogens is 1. The van der Waals surface area contributed by atoms with Crippen LogP contribution >= 0.6 is 51.2 Å². The fourth-order valence-corrected chi connectivity index (χ4v) is 10.0. The van der Waals surface area contributed by atoms with E-state index in [2.05, 4.69) is 50.3 Å². The molecule has 4 aromatic rings. The number of aliphatic hydroxyl groups is 2. The number of rotatable bonds is 23. The molecular weight excluding hydrogens is 1040 g/mol. The second-order valence-corrected chi connectivity index (χ2v) is 21.5. The largest absolute Gasteiger partial charge is 0.481 e. The minimum Gasteiger partial charge on any atom is -0.398 e. The highest BCUT2D eigenvalue weighted by Crippen LogP contribution is 2.61. The van der Waals surface area contributed by atoms with Gasteiger partial charge in [0.2, 0.25) is 11.8 Å². The van der Waals surface area contributed by atoms with Crippen LogP contribution in [0, 0.1) is 5.41 Å². The number of thioether (sulfide) groups is 1. The third-order valence-corrected chi connectivity index (χ3v) is 14.2. The molecule has 7 unspecified atom stereocenters. The number of para-hydroxylation sites is 1. The van der Waals surface area contributed by atoms with Crippen molar-refractivity contribution < 1.29 is 85.3 Å². The number of aliphatic hydroxyl groups excluding tert-OH is 2. The van der Waals surface area contributed by atoms with E-state index in [0.717, 1.165) is 33.5 Å². The maximum absolute atomic E-state index is 13.0. The molecule has 5 rings (SSSR count). The van der Waals surface area contributed by atoms with E-state index in [-0.39, 0.29) is 70.8 Å². The number of carbonyl (C=O) groups is 4. The zero-order valence-corrected chi connectivity index (χ0v) is 40.3. The van der Waals surface area contributed by atoms with Crippen LogP contribution in [-0.2, 0) is 57.1 Å². The fourth-order valence-electron chi connectivity index (χ4n) is 6.22. The highest BCUT2D eigenvalue weighted by atomic mass is 79.9. The van der Waals surface area contributed by atoms with Crippen molar-refractivity contribution in [2.75, 3.05) is 43.5 Å². The number of ketones is 1. The van der Waals surface area contributed by atoms with E-state index in [1.165, 1.54) is 13.8 Å². The molecule has 0 saturated carbocycles. The number of nitrogens with zero attached hydrogens (tertiary/aromatic N) is 4. The number of nitrogens with one attached hydrogen (secondary N) is 2. The molecule has 26 nitrogen and oxygen atoms in total. The molecule has 0 radical (unpaired) electrons. The summed E-state index contributed by atoms with van der Waals surface area (Å²) in [6, 6.07) is 11.6.